The Morgan fingerprint density at radius 2 is 2.06 bits per heavy atom. The van der Waals surface area contributed by atoms with Gasteiger partial charge in [-0.1, -0.05) is 0 Å². The quantitative estimate of drug-likeness (QED) is 0.560. The highest BCUT2D eigenvalue weighted by atomic mass is 32.2. The van der Waals surface area contributed by atoms with Gasteiger partial charge < -0.3 is 15.6 Å². The highest BCUT2D eigenvalue weighted by Crippen LogP contribution is 2.14. The summed E-state index contributed by atoms with van der Waals surface area (Å²) in [5, 5.41) is 8.09. The molecule has 1 fully saturated rings. The average molecular weight is 266 g/mol. The molecule has 1 heterocycles. The first kappa shape index (κ1) is 14.4. The number of rotatable bonds is 6. The fourth-order valence-electron chi connectivity index (χ4n) is 1.58. The molecule has 0 bridgehead atoms. The van der Waals surface area contributed by atoms with Gasteiger partial charge in [0.1, 0.15) is 6.04 Å². The Bertz CT molecular complexity index is 350. The first-order valence-electron chi connectivity index (χ1n) is 5.48. The second-order valence-electron chi connectivity index (χ2n) is 3.98. The van der Waals surface area contributed by atoms with Gasteiger partial charge in [0.25, 0.3) is 0 Å². The van der Waals surface area contributed by atoms with Crippen molar-refractivity contribution < 1.29 is 23.1 Å². The second-order valence-corrected chi connectivity index (χ2v) is 6.03. The van der Waals surface area contributed by atoms with Crippen molar-refractivity contribution in [3.8, 4) is 0 Å². The molecule has 0 aliphatic carbocycles. The van der Waals surface area contributed by atoms with Crippen molar-refractivity contribution in [2.75, 3.05) is 19.8 Å². The first-order valence-corrected chi connectivity index (χ1v) is 7.02. The molecule has 17 heavy (non-hydrogen) atoms. The van der Waals surface area contributed by atoms with Crippen LogP contribution >= 0.6 is 0 Å². The van der Waals surface area contributed by atoms with E-state index in [1.165, 1.54) is 0 Å². The van der Waals surface area contributed by atoms with Crippen LogP contribution in [0.25, 0.3) is 0 Å². The molecular formula is C9H18N2O5S. The largest absolute Gasteiger partial charge is 0.480 e. The summed E-state index contributed by atoms with van der Waals surface area (Å²) < 4.78 is 31.0. The van der Waals surface area contributed by atoms with Crippen molar-refractivity contribution in [1.29, 1.82) is 0 Å². The minimum atomic E-state index is -3.38. The molecule has 1 aliphatic rings. The third-order valence-electron chi connectivity index (χ3n) is 2.68. The highest BCUT2D eigenvalue weighted by Gasteiger charge is 2.27. The van der Waals surface area contributed by atoms with Crippen molar-refractivity contribution in [1.82, 2.24) is 4.72 Å². The number of ether oxygens (including phenoxy) is 1. The lowest BCUT2D eigenvalue weighted by atomic mass is 10.2. The number of nitrogens with two attached hydrogens (primary N) is 1. The van der Waals surface area contributed by atoms with Crippen LogP contribution in [0.4, 0.5) is 0 Å². The summed E-state index contributed by atoms with van der Waals surface area (Å²) in [6.07, 6.45) is 1.03. The van der Waals surface area contributed by atoms with Crippen LogP contribution in [0.3, 0.4) is 0 Å². The van der Waals surface area contributed by atoms with Crippen LogP contribution in [0.2, 0.25) is 0 Å². The zero-order chi connectivity index (χ0) is 12.9. The molecule has 1 rings (SSSR count). The number of hydrogen-bond donors (Lipinski definition) is 3. The fourth-order valence-corrected chi connectivity index (χ4v) is 3.04. The number of nitrogens with one attached hydrogen (secondary N) is 1. The van der Waals surface area contributed by atoms with Crippen LogP contribution in [-0.2, 0) is 19.6 Å². The summed E-state index contributed by atoms with van der Waals surface area (Å²) in [5.41, 5.74) is 5.27. The number of carboxylic acid groups (broad SMARTS) is 1. The van der Waals surface area contributed by atoms with E-state index in [1.807, 2.05) is 0 Å². The molecular weight excluding hydrogens is 248 g/mol. The van der Waals surface area contributed by atoms with Crippen molar-refractivity contribution in [3.05, 3.63) is 0 Å². The highest BCUT2D eigenvalue weighted by molar-refractivity contribution is 7.90. The second kappa shape index (κ2) is 6.29. The summed E-state index contributed by atoms with van der Waals surface area (Å²) in [4.78, 5) is 10.4. The summed E-state index contributed by atoms with van der Waals surface area (Å²) in [6, 6.07) is -1.03. The topological polar surface area (TPSA) is 119 Å². The SMILES string of the molecule is NC(CCNS(=O)(=O)C1CCOCC1)C(=O)O. The molecule has 0 saturated carbocycles. The Kier molecular flexibility index (Phi) is 5.31. The molecule has 1 saturated heterocycles. The van der Waals surface area contributed by atoms with E-state index in [0.717, 1.165) is 0 Å². The van der Waals surface area contributed by atoms with Gasteiger partial charge in [-0.2, -0.15) is 0 Å². The molecule has 0 radical (unpaired) electrons. The van der Waals surface area contributed by atoms with Gasteiger partial charge in [0.15, 0.2) is 0 Å². The summed E-state index contributed by atoms with van der Waals surface area (Å²) >= 11 is 0. The smallest absolute Gasteiger partial charge is 0.320 e. The van der Waals surface area contributed by atoms with Crippen molar-refractivity contribution in [3.63, 3.8) is 0 Å². The van der Waals surface area contributed by atoms with E-state index in [-0.39, 0.29) is 13.0 Å². The molecule has 7 nitrogen and oxygen atoms in total. The van der Waals surface area contributed by atoms with Crippen molar-refractivity contribution in [2.24, 2.45) is 5.73 Å². The average Bonchev–Trinajstić information content (AvgIpc) is 2.29. The Labute approximate surface area is 100 Å². The maximum atomic E-state index is 11.8. The van der Waals surface area contributed by atoms with E-state index in [4.69, 9.17) is 15.6 Å². The first-order chi connectivity index (χ1) is 7.93. The minimum absolute atomic E-state index is 0.0488. The predicted octanol–water partition coefficient (Wildman–Crippen LogP) is -1.11. The van der Waals surface area contributed by atoms with E-state index in [1.54, 1.807) is 0 Å². The number of sulfonamides is 1. The summed E-state index contributed by atoms with van der Waals surface area (Å²) in [5.74, 6) is -1.13. The Morgan fingerprint density at radius 3 is 2.59 bits per heavy atom. The van der Waals surface area contributed by atoms with Gasteiger partial charge in [-0.15, -0.1) is 0 Å². The number of carboxylic acids is 1. The van der Waals surface area contributed by atoms with Crippen LogP contribution in [0.5, 0.6) is 0 Å². The van der Waals surface area contributed by atoms with Gasteiger partial charge in [-0.3, -0.25) is 4.79 Å². The standard InChI is InChI=1S/C9H18N2O5S/c10-8(9(12)13)1-4-11-17(14,15)7-2-5-16-6-3-7/h7-8,11H,1-6,10H2,(H,12,13). The zero-order valence-corrected chi connectivity index (χ0v) is 10.3. The molecule has 1 aliphatic heterocycles. The van der Waals surface area contributed by atoms with Crippen molar-refractivity contribution in [2.45, 2.75) is 30.6 Å². The minimum Gasteiger partial charge on any atom is -0.480 e. The lowest BCUT2D eigenvalue weighted by Gasteiger charge is -2.22. The van der Waals surface area contributed by atoms with E-state index >= 15 is 0 Å². The van der Waals surface area contributed by atoms with Crippen LogP contribution in [-0.4, -0.2) is 50.5 Å². The van der Waals surface area contributed by atoms with E-state index < -0.39 is 27.3 Å². The lowest BCUT2D eigenvalue weighted by Crippen LogP contribution is -2.41. The van der Waals surface area contributed by atoms with Gasteiger partial charge in [0.2, 0.25) is 10.0 Å². The zero-order valence-electron chi connectivity index (χ0n) is 9.46. The van der Waals surface area contributed by atoms with Gasteiger partial charge in [-0.25, -0.2) is 13.1 Å². The van der Waals surface area contributed by atoms with E-state index in [0.29, 0.717) is 26.1 Å². The number of aliphatic carboxylic acids is 1. The van der Waals surface area contributed by atoms with Crippen LogP contribution in [0.15, 0.2) is 0 Å². The molecule has 1 atom stereocenters. The Hall–Kier alpha value is -0.700. The van der Waals surface area contributed by atoms with Crippen LogP contribution in [0, 0.1) is 0 Å². The summed E-state index contributed by atoms with van der Waals surface area (Å²) in [6.45, 7) is 0.938. The van der Waals surface area contributed by atoms with Gasteiger partial charge >= 0.3 is 5.97 Å². The van der Waals surface area contributed by atoms with Crippen molar-refractivity contribution >= 4 is 16.0 Å². The number of carbonyl (C=O) groups is 1. The third kappa shape index (κ3) is 4.58. The maximum Gasteiger partial charge on any atom is 0.320 e. The fraction of sp³-hybridized carbons (Fsp3) is 0.889. The molecule has 0 aromatic carbocycles. The maximum absolute atomic E-state index is 11.8. The van der Waals surface area contributed by atoms with E-state index in [9.17, 15) is 13.2 Å². The molecule has 0 amide bonds. The molecule has 4 N–H and O–H groups in total. The van der Waals surface area contributed by atoms with Gasteiger partial charge in [0.05, 0.1) is 5.25 Å². The van der Waals surface area contributed by atoms with Gasteiger partial charge in [-0.05, 0) is 19.3 Å². The Balaban J connectivity index is 2.36. The third-order valence-corrected chi connectivity index (χ3v) is 4.64. The van der Waals surface area contributed by atoms with Crippen LogP contribution in [0.1, 0.15) is 19.3 Å². The monoisotopic (exact) mass is 266 g/mol. The molecule has 100 valence electrons. The molecule has 0 aromatic heterocycles. The summed E-state index contributed by atoms with van der Waals surface area (Å²) in [7, 11) is -3.38. The molecule has 0 aromatic rings. The molecule has 8 heteroatoms. The predicted molar refractivity (Wildman–Crippen MR) is 61.0 cm³/mol. The Morgan fingerprint density at radius 1 is 1.47 bits per heavy atom. The molecule has 0 spiro atoms. The normalized spacial score (nSPS) is 20.1. The molecule has 1 unspecified atom stereocenters. The van der Waals surface area contributed by atoms with Gasteiger partial charge in [0, 0.05) is 19.8 Å². The number of hydrogen-bond acceptors (Lipinski definition) is 5. The lowest BCUT2D eigenvalue weighted by molar-refractivity contribution is -0.138. The van der Waals surface area contributed by atoms with E-state index in [2.05, 4.69) is 4.72 Å². The van der Waals surface area contributed by atoms with Crippen LogP contribution < -0.4 is 10.5 Å².